The van der Waals surface area contributed by atoms with Crippen LogP contribution in [0.15, 0.2) is 24.3 Å². The van der Waals surface area contributed by atoms with Crippen LogP contribution >= 0.6 is 0 Å². The Morgan fingerprint density at radius 3 is 2.55 bits per heavy atom. The quantitative estimate of drug-likeness (QED) is 0.811. The standard InChI is InChI=1S/C17H23NO4/c1-22-14-7-3-2-6-13(14)17(10-4-5-11-17)12-18-15(19)8-9-16(20)21/h2-3,6-7H,4-5,8-12H2,1H3,(H,18,19)(H,20,21). The third kappa shape index (κ3) is 3.78. The Hall–Kier alpha value is -2.04. The number of carbonyl (C=O) groups excluding carboxylic acids is 1. The van der Waals surface area contributed by atoms with Crippen molar-refractivity contribution in [1.29, 1.82) is 0 Å². The lowest BCUT2D eigenvalue weighted by atomic mass is 9.78. The van der Waals surface area contributed by atoms with Gasteiger partial charge in [0.2, 0.25) is 5.91 Å². The van der Waals surface area contributed by atoms with Gasteiger partial charge >= 0.3 is 5.97 Å². The van der Waals surface area contributed by atoms with Crippen LogP contribution in [0.25, 0.3) is 0 Å². The van der Waals surface area contributed by atoms with Crippen LogP contribution in [0.2, 0.25) is 0 Å². The van der Waals surface area contributed by atoms with E-state index in [0.29, 0.717) is 6.54 Å². The Bertz CT molecular complexity index is 535. The molecule has 1 aliphatic carbocycles. The third-order valence-corrected chi connectivity index (χ3v) is 4.43. The lowest BCUT2D eigenvalue weighted by Gasteiger charge is -2.31. The van der Waals surface area contributed by atoms with Gasteiger partial charge in [-0.2, -0.15) is 0 Å². The number of methoxy groups -OCH3 is 1. The first-order valence-corrected chi connectivity index (χ1v) is 7.69. The molecule has 5 heteroatoms. The predicted octanol–water partition coefficient (Wildman–Crippen LogP) is 2.49. The van der Waals surface area contributed by atoms with Crippen LogP contribution in [0.3, 0.4) is 0 Å². The van der Waals surface area contributed by atoms with Crippen LogP contribution in [0.5, 0.6) is 5.75 Å². The average Bonchev–Trinajstić information content (AvgIpc) is 3.01. The minimum atomic E-state index is -0.949. The minimum Gasteiger partial charge on any atom is -0.496 e. The fraction of sp³-hybridized carbons (Fsp3) is 0.529. The topological polar surface area (TPSA) is 75.6 Å². The summed E-state index contributed by atoms with van der Waals surface area (Å²) in [6.07, 6.45) is 4.16. The fourth-order valence-electron chi connectivity index (χ4n) is 3.25. The Morgan fingerprint density at radius 1 is 1.23 bits per heavy atom. The SMILES string of the molecule is COc1ccccc1C1(CNC(=O)CCC(=O)O)CCCC1. The summed E-state index contributed by atoms with van der Waals surface area (Å²) in [5.74, 6) is -0.303. The molecule has 0 atom stereocenters. The number of benzene rings is 1. The highest BCUT2D eigenvalue weighted by molar-refractivity contribution is 5.80. The van der Waals surface area contributed by atoms with E-state index in [4.69, 9.17) is 9.84 Å². The van der Waals surface area contributed by atoms with Crippen molar-refractivity contribution in [3.05, 3.63) is 29.8 Å². The monoisotopic (exact) mass is 305 g/mol. The molecule has 1 aromatic rings. The zero-order valence-electron chi connectivity index (χ0n) is 12.9. The number of carbonyl (C=O) groups is 2. The zero-order valence-corrected chi connectivity index (χ0v) is 12.9. The first kappa shape index (κ1) is 16.3. The maximum Gasteiger partial charge on any atom is 0.303 e. The number of para-hydroxylation sites is 1. The van der Waals surface area contributed by atoms with Crippen LogP contribution < -0.4 is 10.1 Å². The Balaban J connectivity index is 2.09. The lowest BCUT2D eigenvalue weighted by molar-refractivity contribution is -0.138. The molecule has 0 unspecified atom stereocenters. The van der Waals surface area contributed by atoms with E-state index >= 15 is 0 Å². The van der Waals surface area contributed by atoms with E-state index in [1.54, 1.807) is 7.11 Å². The van der Waals surface area contributed by atoms with Crippen molar-refractivity contribution in [2.75, 3.05) is 13.7 Å². The third-order valence-electron chi connectivity index (χ3n) is 4.43. The molecule has 1 aliphatic rings. The molecule has 0 bridgehead atoms. The van der Waals surface area contributed by atoms with E-state index in [1.807, 2.05) is 18.2 Å². The molecule has 0 radical (unpaired) electrons. The number of amides is 1. The van der Waals surface area contributed by atoms with Crippen LogP contribution in [0.4, 0.5) is 0 Å². The minimum absolute atomic E-state index is 0.0251. The van der Waals surface area contributed by atoms with Crippen molar-refractivity contribution in [1.82, 2.24) is 5.32 Å². The van der Waals surface area contributed by atoms with Crippen molar-refractivity contribution >= 4 is 11.9 Å². The van der Waals surface area contributed by atoms with Crippen molar-refractivity contribution in [2.24, 2.45) is 0 Å². The number of rotatable bonds is 7. The maximum absolute atomic E-state index is 11.8. The summed E-state index contributed by atoms with van der Waals surface area (Å²) in [5, 5.41) is 11.6. The fourth-order valence-corrected chi connectivity index (χ4v) is 3.25. The molecule has 0 aliphatic heterocycles. The highest BCUT2D eigenvalue weighted by Gasteiger charge is 2.37. The predicted molar refractivity (Wildman–Crippen MR) is 83.0 cm³/mol. The van der Waals surface area contributed by atoms with Gasteiger partial charge in [0, 0.05) is 23.9 Å². The largest absolute Gasteiger partial charge is 0.496 e. The summed E-state index contributed by atoms with van der Waals surface area (Å²) >= 11 is 0. The molecule has 5 nitrogen and oxygen atoms in total. The van der Waals surface area contributed by atoms with E-state index in [1.165, 1.54) is 0 Å². The van der Waals surface area contributed by atoms with Gasteiger partial charge in [0.25, 0.3) is 0 Å². The van der Waals surface area contributed by atoms with Gasteiger partial charge in [0.15, 0.2) is 0 Å². The average molecular weight is 305 g/mol. The number of hydrogen-bond donors (Lipinski definition) is 2. The van der Waals surface area contributed by atoms with Gasteiger partial charge in [-0.3, -0.25) is 9.59 Å². The summed E-state index contributed by atoms with van der Waals surface area (Å²) in [5.41, 5.74) is 1.03. The number of ether oxygens (including phenoxy) is 1. The van der Waals surface area contributed by atoms with Crippen molar-refractivity contribution in [2.45, 2.75) is 43.9 Å². The number of carboxylic acid groups (broad SMARTS) is 1. The Labute approximate surface area is 130 Å². The van der Waals surface area contributed by atoms with E-state index in [-0.39, 0.29) is 24.2 Å². The zero-order chi connectivity index (χ0) is 16.0. The molecule has 120 valence electrons. The first-order chi connectivity index (χ1) is 10.6. The second-order valence-electron chi connectivity index (χ2n) is 5.86. The summed E-state index contributed by atoms with van der Waals surface area (Å²) < 4.78 is 5.48. The molecule has 0 saturated heterocycles. The normalized spacial score (nSPS) is 16.2. The Kier molecular flexibility index (Phi) is 5.41. The van der Waals surface area contributed by atoms with Gasteiger partial charge < -0.3 is 15.2 Å². The highest BCUT2D eigenvalue weighted by Crippen LogP contribution is 2.44. The first-order valence-electron chi connectivity index (χ1n) is 7.69. The summed E-state index contributed by atoms with van der Waals surface area (Å²) in [4.78, 5) is 22.4. The van der Waals surface area contributed by atoms with Gasteiger partial charge in [-0.25, -0.2) is 0 Å². The summed E-state index contributed by atoms with van der Waals surface area (Å²) in [7, 11) is 1.66. The molecule has 22 heavy (non-hydrogen) atoms. The summed E-state index contributed by atoms with van der Waals surface area (Å²) in [6, 6.07) is 7.94. The van der Waals surface area contributed by atoms with Crippen molar-refractivity contribution < 1.29 is 19.4 Å². The molecule has 2 N–H and O–H groups in total. The number of nitrogens with one attached hydrogen (secondary N) is 1. The number of aliphatic carboxylic acids is 1. The van der Waals surface area contributed by atoms with Crippen LogP contribution in [0, 0.1) is 0 Å². The van der Waals surface area contributed by atoms with Gasteiger partial charge in [0.05, 0.1) is 13.5 Å². The van der Waals surface area contributed by atoms with Gasteiger partial charge in [0.1, 0.15) is 5.75 Å². The second kappa shape index (κ2) is 7.29. The molecule has 1 amide bonds. The second-order valence-corrected chi connectivity index (χ2v) is 5.86. The van der Waals surface area contributed by atoms with E-state index in [0.717, 1.165) is 37.0 Å². The molecule has 1 aromatic carbocycles. The smallest absolute Gasteiger partial charge is 0.303 e. The van der Waals surface area contributed by atoms with E-state index in [2.05, 4.69) is 11.4 Å². The molecule has 2 rings (SSSR count). The summed E-state index contributed by atoms with van der Waals surface area (Å²) in [6.45, 7) is 0.534. The number of hydrogen-bond acceptors (Lipinski definition) is 3. The molecule has 1 fully saturated rings. The van der Waals surface area contributed by atoms with Crippen LogP contribution in [0.1, 0.15) is 44.1 Å². The van der Waals surface area contributed by atoms with Crippen molar-refractivity contribution in [3.63, 3.8) is 0 Å². The lowest BCUT2D eigenvalue weighted by Crippen LogP contribution is -2.39. The molecule has 0 aromatic heterocycles. The van der Waals surface area contributed by atoms with Gasteiger partial charge in [-0.05, 0) is 18.9 Å². The number of carboxylic acids is 1. The molecular weight excluding hydrogens is 282 g/mol. The van der Waals surface area contributed by atoms with E-state index in [9.17, 15) is 9.59 Å². The molecule has 0 spiro atoms. The highest BCUT2D eigenvalue weighted by atomic mass is 16.5. The molecule has 1 saturated carbocycles. The maximum atomic E-state index is 11.8. The van der Waals surface area contributed by atoms with Crippen molar-refractivity contribution in [3.8, 4) is 5.75 Å². The van der Waals surface area contributed by atoms with Gasteiger partial charge in [-0.1, -0.05) is 31.0 Å². The molecular formula is C17H23NO4. The van der Waals surface area contributed by atoms with E-state index < -0.39 is 5.97 Å². The Morgan fingerprint density at radius 2 is 1.91 bits per heavy atom. The van der Waals surface area contributed by atoms with Gasteiger partial charge in [-0.15, -0.1) is 0 Å². The van der Waals surface area contributed by atoms with Crippen LogP contribution in [-0.2, 0) is 15.0 Å². The van der Waals surface area contributed by atoms with Crippen LogP contribution in [-0.4, -0.2) is 30.6 Å². The molecule has 0 heterocycles.